The Bertz CT molecular complexity index is 133. The summed E-state index contributed by atoms with van der Waals surface area (Å²) < 4.78 is 0. The fourth-order valence-corrected chi connectivity index (χ4v) is 0.234. The summed E-state index contributed by atoms with van der Waals surface area (Å²) >= 11 is 7.46. The van der Waals surface area contributed by atoms with E-state index in [0.29, 0.717) is 0 Å². The fraction of sp³-hybridized carbons (Fsp3) is 0.500. The Morgan fingerprint density at radius 1 is 2.00 bits per heavy atom. The fourth-order valence-electron chi connectivity index (χ4n) is 0.0781. The van der Waals surface area contributed by atoms with Crippen LogP contribution in [-0.4, -0.2) is 28.0 Å². The Morgan fingerprint density at radius 2 is 2.30 bits per heavy atom. The quantitative estimate of drug-likeness (QED) is 0.273. The number of carboxylic acids is 1. The molecule has 1 atom stereocenters. The third-order valence-corrected chi connectivity index (χ3v) is 0.907. The van der Waals surface area contributed by atoms with E-state index in [1.165, 1.54) is 0 Å². The Hall–Kier alpha value is -0.420. The topological polar surface area (TPSA) is 87.2 Å². The van der Waals surface area contributed by atoms with Gasteiger partial charge in [0.1, 0.15) is 6.04 Å². The maximum atomic E-state index is 9.76. The standard InChI is InChI=1S/C3H7NO2S.CHNS/c4-2(1-7)3(5)6;2-1-3/h2,7H,1,4H2,(H,5,6);2H. The lowest BCUT2D eigenvalue weighted by molar-refractivity contribution is -0.137. The van der Waals surface area contributed by atoms with Crippen molar-refractivity contribution in [1.29, 1.82) is 5.41 Å². The van der Waals surface area contributed by atoms with Gasteiger partial charge >= 0.3 is 5.97 Å². The molecule has 0 aromatic rings. The van der Waals surface area contributed by atoms with Gasteiger partial charge < -0.3 is 10.8 Å². The van der Waals surface area contributed by atoms with Crippen molar-refractivity contribution < 1.29 is 9.90 Å². The molecule has 0 aliphatic carbocycles. The Morgan fingerprint density at radius 3 is 2.30 bits per heavy atom. The number of nitrogens with two attached hydrogens (primary N) is 1. The highest BCUT2D eigenvalue weighted by molar-refractivity contribution is 7.80. The summed E-state index contributed by atoms with van der Waals surface area (Å²) in [5.74, 6) is -0.815. The van der Waals surface area contributed by atoms with E-state index in [9.17, 15) is 4.79 Å². The van der Waals surface area contributed by atoms with E-state index in [2.05, 4.69) is 24.8 Å². The second kappa shape index (κ2) is 8.58. The van der Waals surface area contributed by atoms with E-state index in [-0.39, 0.29) is 5.75 Å². The zero-order valence-electron chi connectivity index (χ0n) is 5.07. The molecule has 4 N–H and O–H groups in total. The predicted molar refractivity (Wildman–Crippen MR) is 44.8 cm³/mol. The lowest BCUT2D eigenvalue weighted by atomic mass is 10.4. The number of rotatable bonds is 2. The van der Waals surface area contributed by atoms with Gasteiger partial charge in [-0.1, -0.05) is 0 Å². The molecule has 58 valence electrons. The number of hydrogen-bond acceptors (Lipinski definition) is 5. The molecule has 0 heterocycles. The molecule has 0 saturated heterocycles. The summed E-state index contributed by atoms with van der Waals surface area (Å²) in [6.07, 6.45) is 0. The van der Waals surface area contributed by atoms with Crippen LogP contribution < -0.4 is 5.73 Å². The summed E-state index contributed by atoms with van der Waals surface area (Å²) in [5.41, 5.74) is 4.94. The van der Waals surface area contributed by atoms with Crippen LogP contribution in [0, 0.1) is 5.41 Å². The summed E-state index contributed by atoms with van der Waals surface area (Å²) in [6, 6.07) is -0.816. The maximum absolute atomic E-state index is 9.76. The zero-order chi connectivity index (χ0) is 8.57. The van der Waals surface area contributed by atoms with Crippen LogP contribution in [0.5, 0.6) is 0 Å². The minimum atomic E-state index is -1.00. The molecular weight excluding hydrogens is 172 g/mol. The molecule has 10 heavy (non-hydrogen) atoms. The van der Waals surface area contributed by atoms with Crippen LogP contribution in [0.4, 0.5) is 0 Å². The van der Waals surface area contributed by atoms with E-state index in [0.717, 1.165) is 0 Å². The van der Waals surface area contributed by atoms with Crippen LogP contribution >= 0.6 is 24.8 Å². The first-order valence-electron chi connectivity index (χ1n) is 2.23. The van der Waals surface area contributed by atoms with Crippen molar-refractivity contribution in [3.63, 3.8) is 0 Å². The van der Waals surface area contributed by atoms with Gasteiger partial charge in [0.15, 0.2) is 0 Å². The predicted octanol–water partition coefficient (Wildman–Crippen LogP) is -0.00393. The Labute approximate surface area is 69.3 Å². The first-order chi connectivity index (χ1) is 4.59. The normalized spacial score (nSPS) is 10.2. The second-order valence-electron chi connectivity index (χ2n) is 1.23. The summed E-state index contributed by atoms with van der Waals surface area (Å²) in [4.78, 5) is 9.76. The van der Waals surface area contributed by atoms with Crippen LogP contribution in [0.2, 0.25) is 0 Å². The van der Waals surface area contributed by atoms with Crippen LogP contribution in [0.25, 0.3) is 0 Å². The van der Waals surface area contributed by atoms with Crippen molar-refractivity contribution in [1.82, 2.24) is 0 Å². The van der Waals surface area contributed by atoms with Crippen molar-refractivity contribution in [2.75, 3.05) is 5.75 Å². The molecular formula is C4H8N2O2S2. The number of thiol groups is 1. The first-order valence-corrected chi connectivity index (χ1v) is 3.27. The number of carboxylic acid groups (broad SMARTS) is 1. The van der Waals surface area contributed by atoms with E-state index in [1.807, 2.05) is 0 Å². The van der Waals surface area contributed by atoms with Crippen LogP contribution in [-0.2, 0) is 4.79 Å². The highest BCUT2D eigenvalue weighted by atomic mass is 32.1. The lowest BCUT2D eigenvalue weighted by Gasteiger charge is -1.96. The minimum Gasteiger partial charge on any atom is -0.480 e. The maximum Gasteiger partial charge on any atom is 0.321 e. The van der Waals surface area contributed by atoms with Crippen molar-refractivity contribution in [3.05, 3.63) is 0 Å². The number of carbonyl (C=O) groups is 1. The average molecular weight is 180 g/mol. The molecule has 0 aromatic heterocycles. The molecule has 0 amide bonds. The zero-order valence-corrected chi connectivity index (χ0v) is 6.78. The Balaban J connectivity index is 0. The van der Waals surface area contributed by atoms with Gasteiger partial charge in [-0.25, -0.2) is 5.41 Å². The summed E-state index contributed by atoms with van der Waals surface area (Å²) in [7, 11) is 0. The highest BCUT2D eigenvalue weighted by Gasteiger charge is 2.06. The molecule has 0 radical (unpaired) electrons. The van der Waals surface area contributed by atoms with Gasteiger partial charge in [-0.3, -0.25) is 4.79 Å². The third kappa shape index (κ3) is 10.5. The highest BCUT2D eigenvalue weighted by Crippen LogP contribution is 1.80. The molecule has 0 aliphatic heterocycles. The van der Waals surface area contributed by atoms with E-state index >= 15 is 0 Å². The number of nitrogens with one attached hydrogen (secondary N) is 1. The van der Waals surface area contributed by atoms with Gasteiger partial charge in [0.2, 0.25) is 0 Å². The molecule has 0 spiro atoms. The van der Waals surface area contributed by atoms with E-state index < -0.39 is 12.0 Å². The second-order valence-corrected chi connectivity index (χ2v) is 1.80. The van der Waals surface area contributed by atoms with Gasteiger partial charge in [-0.2, -0.15) is 12.6 Å². The van der Waals surface area contributed by atoms with Crippen LogP contribution in [0.1, 0.15) is 0 Å². The molecule has 6 heteroatoms. The summed E-state index contributed by atoms with van der Waals surface area (Å²) in [5, 5.41) is 15.4. The largest absolute Gasteiger partial charge is 0.480 e. The monoisotopic (exact) mass is 180 g/mol. The first kappa shape index (κ1) is 12.3. The summed E-state index contributed by atoms with van der Waals surface area (Å²) in [6.45, 7) is 0. The van der Waals surface area contributed by atoms with Crippen molar-refractivity contribution in [2.45, 2.75) is 6.04 Å². The number of isothiocyanates is 1. The van der Waals surface area contributed by atoms with Crippen LogP contribution in [0.15, 0.2) is 0 Å². The van der Waals surface area contributed by atoms with Gasteiger partial charge in [-0.15, -0.1) is 0 Å². The number of aliphatic carboxylic acids is 1. The number of thiocarbonyl (C=S) groups is 1. The Kier molecular flexibility index (Phi) is 10.5. The third-order valence-electron chi connectivity index (χ3n) is 0.514. The molecule has 0 rings (SSSR count). The van der Waals surface area contributed by atoms with Crippen molar-refractivity contribution in [3.8, 4) is 0 Å². The smallest absolute Gasteiger partial charge is 0.321 e. The van der Waals surface area contributed by atoms with Crippen molar-refractivity contribution in [2.24, 2.45) is 5.73 Å². The van der Waals surface area contributed by atoms with Crippen LogP contribution in [0.3, 0.4) is 0 Å². The van der Waals surface area contributed by atoms with Gasteiger partial charge in [0.25, 0.3) is 0 Å². The average Bonchev–Trinajstić information content (AvgIpc) is 1.88. The molecule has 4 nitrogen and oxygen atoms in total. The van der Waals surface area contributed by atoms with Gasteiger partial charge in [-0.05, 0) is 12.2 Å². The SMILES string of the molecule is N=C=S.NC(CS)C(=O)O. The lowest BCUT2D eigenvalue weighted by Crippen LogP contribution is -2.31. The minimum absolute atomic E-state index is 0.190. The van der Waals surface area contributed by atoms with E-state index in [4.69, 9.17) is 16.2 Å². The molecule has 0 fully saturated rings. The number of hydrogen-bond donors (Lipinski definition) is 4. The molecule has 0 saturated carbocycles. The molecule has 0 aliphatic rings. The molecule has 1 unspecified atom stereocenters. The molecule has 0 aromatic carbocycles. The van der Waals surface area contributed by atoms with E-state index in [1.54, 1.807) is 5.16 Å². The molecule has 0 bridgehead atoms. The van der Waals surface area contributed by atoms with Crippen molar-refractivity contribution >= 4 is 36.0 Å². The van der Waals surface area contributed by atoms with Gasteiger partial charge in [0, 0.05) is 5.75 Å². The van der Waals surface area contributed by atoms with Gasteiger partial charge in [0.05, 0.1) is 5.16 Å².